The van der Waals surface area contributed by atoms with Gasteiger partial charge < -0.3 is 15.0 Å². The number of rotatable bonds is 4. The van der Waals surface area contributed by atoms with E-state index in [1.54, 1.807) is 0 Å². The van der Waals surface area contributed by atoms with Gasteiger partial charge in [-0.3, -0.25) is 0 Å². The molecule has 2 aliphatic rings. The smallest absolute Gasteiger partial charge is 0.410 e. The highest BCUT2D eigenvalue weighted by Crippen LogP contribution is 2.23. The fourth-order valence-electron chi connectivity index (χ4n) is 2.44. The highest BCUT2D eigenvalue weighted by atomic mass is 16.6. The van der Waals surface area contributed by atoms with Gasteiger partial charge in [0, 0.05) is 18.6 Å². The first-order valence-electron chi connectivity index (χ1n) is 7.19. The standard InChI is InChI=1S/C14H26N2O2/c1-14(2,3)18-13(17)16-10-4-5-12(16)8-9-15-11-6-7-11/h11-12,15H,4-10H2,1-3H3. The van der Waals surface area contributed by atoms with Crippen molar-refractivity contribution in [1.29, 1.82) is 0 Å². The molecule has 1 N–H and O–H groups in total. The van der Waals surface area contributed by atoms with E-state index in [1.807, 2.05) is 25.7 Å². The molecule has 1 saturated heterocycles. The monoisotopic (exact) mass is 254 g/mol. The molecule has 0 radical (unpaired) electrons. The van der Waals surface area contributed by atoms with Crippen molar-refractivity contribution in [2.24, 2.45) is 0 Å². The van der Waals surface area contributed by atoms with Crippen molar-refractivity contribution >= 4 is 6.09 Å². The highest BCUT2D eigenvalue weighted by molar-refractivity contribution is 5.68. The SMILES string of the molecule is CC(C)(C)OC(=O)N1CCCC1CCNC1CC1. The van der Waals surface area contributed by atoms with Crippen LogP contribution in [0.5, 0.6) is 0 Å². The first-order valence-corrected chi connectivity index (χ1v) is 7.19. The molecule has 1 saturated carbocycles. The summed E-state index contributed by atoms with van der Waals surface area (Å²) in [5.41, 5.74) is -0.392. The van der Waals surface area contributed by atoms with E-state index in [4.69, 9.17) is 4.74 Å². The summed E-state index contributed by atoms with van der Waals surface area (Å²) in [7, 11) is 0. The van der Waals surface area contributed by atoms with Crippen molar-refractivity contribution in [3.63, 3.8) is 0 Å². The number of amides is 1. The van der Waals surface area contributed by atoms with E-state index in [0.717, 1.165) is 38.4 Å². The Balaban J connectivity index is 1.76. The van der Waals surface area contributed by atoms with E-state index in [0.29, 0.717) is 6.04 Å². The lowest BCUT2D eigenvalue weighted by atomic mass is 10.1. The summed E-state index contributed by atoms with van der Waals surface area (Å²) in [5.74, 6) is 0. The molecule has 18 heavy (non-hydrogen) atoms. The van der Waals surface area contributed by atoms with E-state index in [1.165, 1.54) is 12.8 Å². The van der Waals surface area contributed by atoms with Crippen LogP contribution in [0.1, 0.15) is 52.9 Å². The van der Waals surface area contributed by atoms with Gasteiger partial charge >= 0.3 is 6.09 Å². The van der Waals surface area contributed by atoms with Gasteiger partial charge in [-0.2, -0.15) is 0 Å². The number of hydrogen-bond acceptors (Lipinski definition) is 3. The first kappa shape index (κ1) is 13.7. The molecule has 104 valence electrons. The van der Waals surface area contributed by atoms with Crippen molar-refractivity contribution in [3.05, 3.63) is 0 Å². The Labute approximate surface area is 110 Å². The van der Waals surface area contributed by atoms with Crippen LogP contribution in [-0.4, -0.2) is 41.8 Å². The highest BCUT2D eigenvalue weighted by Gasteiger charge is 2.32. The fourth-order valence-corrected chi connectivity index (χ4v) is 2.44. The Morgan fingerprint density at radius 2 is 2.06 bits per heavy atom. The van der Waals surface area contributed by atoms with Gasteiger partial charge in [-0.15, -0.1) is 0 Å². The van der Waals surface area contributed by atoms with Gasteiger partial charge in [0.05, 0.1) is 0 Å². The number of hydrogen-bond donors (Lipinski definition) is 1. The molecule has 0 aromatic carbocycles. The van der Waals surface area contributed by atoms with Gasteiger partial charge in [-0.1, -0.05) is 0 Å². The van der Waals surface area contributed by atoms with Crippen molar-refractivity contribution in [2.75, 3.05) is 13.1 Å². The van der Waals surface area contributed by atoms with E-state index < -0.39 is 5.60 Å². The van der Waals surface area contributed by atoms with Crippen molar-refractivity contribution in [3.8, 4) is 0 Å². The molecule has 2 fully saturated rings. The predicted molar refractivity (Wildman–Crippen MR) is 71.6 cm³/mol. The molecule has 1 unspecified atom stereocenters. The maximum Gasteiger partial charge on any atom is 0.410 e. The summed E-state index contributed by atoms with van der Waals surface area (Å²) in [4.78, 5) is 14.0. The lowest BCUT2D eigenvalue weighted by molar-refractivity contribution is 0.0221. The number of ether oxygens (including phenoxy) is 1. The average molecular weight is 254 g/mol. The number of nitrogens with zero attached hydrogens (tertiary/aromatic N) is 1. The van der Waals surface area contributed by atoms with Crippen molar-refractivity contribution in [1.82, 2.24) is 10.2 Å². The van der Waals surface area contributed by atoms with Crippen LogP contribution in [0.4, 0.5) is 4.79 Å². The zero-order valence-electron chi connectivity index (χ0n) is 11.9. The van der Waals surface area contributed by atoms with Crippen LogP contribution < -0.4 is 5.32 Å². The molecule has 1 heterocycles. The van der Waals surface area contributed by atoms with Crippen LogP contribution >= 0.6 is 0 Å². The minimum Gasteiger partial charge on any atom is -0.444 e. The molecule has 0 spiro atoms. The lowest BCUT2D eigenvalue weighted by Crippen LogP contribution is -2.41. The number of carbonyl (C=O) groups excluding carboxylic acids is 1. The zero-order chi connectivity index (χ0) is 13.2. The van der Waals surface area contributed by atoms with Crippen LogP contribution in [0.15, 0.2) is 0 Å². The summed E-state index contributed by atoms with van der Waals surface area (Å²) in [5, 5.41) is 3.51. The number of likely N-dealkylation sites (tertiary alicyclic amines) is 1. The third-order valence-corrected chi connectivity index (χ3v) is 3.49. The molecule has 0 bridgehead atoms. The first-order chi connectivity index (χ1) is 8.46. The van der Waals surface area contributed by atoms with Crippen molar-refractivity contribution < 1.29 is 9.53 Å². The number of carbonyl (C=O) groups is 1. The van der Waals surface area contributed by atoms with Crippen LogP contribution in [-0.2, 0) is 4.74 Å². The number of nitrogens with one attached hydrogen (secondary N) is 1. The minimum atomic E-state index is -0.392. The summed E-state index contributed by atoms with van der Waals surface area (Å²) >= 11 is 0. The Hall–Kier alpha value is -0.770. The Bertz CT molecular complexity index is 295. The van der Waals surface area contributed by atoms with Gasteiger partial charge in [0.1, 0.15) is 5.60 Å². The van der Waals surface area contributed by atoms with Crippen LogP contribution in [0, 0.1) is 0 Å². The third kappa shape index (κ3) is 4.16. The lowest BCUT2D eigenvalue weighted by Gasteiger charge is -2.28. The summed E-state index contributed by atoms with van der Waals surface area (Å²) in [6.07, 6.45) is 5.77. The third-order valence-electron chi connectivity index (χ3n) is 3.49. The van der Waals surface area contributed by atoms with Gasteiger partial charge in [0.2, 0.25) is 0 Å². The molecule has 2 rings (SSSR count). The van der Waals surface area contributed by atoms with E-state index >= 15 is 0 Å². The van der Waals surface area contributed by atoms with Crippen molar-refractivity contribution in [2.45, 2.75) is 70.6 Å². The summed E-state index contributed by atoms with van der Waals surface area (Å²) < 4.78 is 5.46. The average Bonchev–Trinajstić information content (AvgIpc) is 2.92. The predicted octanol–water partition coefficient (Wildman–Crippen LogP) is 2.53. The van der Waals surface area contributed by atoms with Gasteiger partial charge in [0.25, 0.3) is 0 Å². The molecule has 4 heteroatoms. The molecule has 0 aromatic heterocycles. The summed E-state index contributed by atoms with van der Waals surface area (Å²) in [6.45, 7) is 7.64. The molecular weight excluding hydrogens is 228 g/mol. The van der Waals surface area contributed by atoms with Crippen LogP contribution in [0.25, 0.3) is 0 Å². The Morgan fingerprint density at radius 1 is 1.33 bits per heavy atom. The van der Waals surface area contributed by atoms with Crippen LogP contribution in [0.3, 0.4) is 0 Å². The van der Waals surface area contributed by atoms with Gasteiger partial charge in [-0.25, -0.2) is 4.79 Å². The normalized spacial score (nSPS) is 24.4. The zero-order valence-corrected chi connectivity index (χ0v) is 11.9. The molecule has 4 nitrogen and oxygen atoms in total. The van der Waals surface area contributed by atoms with Gasteiger partial charge in [-0.05, 0) is 59.4 Å². The second-order valence-corrected chi connectivity index (χ2v) is 6.49. The molecule has 0 aromatic rings. The maximum absolute atomic E-state index is 12.1. The quantitative estimate of drug-likeness (QED) is 0.838. The summed E-state index contributed by atoms with van der Waals surface area (Å²) in [6, 6.07) is 1.12. The van der Waals surface area contributed by atoms with E-state index in [-0.39, 0.29) is 6.09 Å². The van der Waals surface area contributed by atoms with E-state index in [9.17, 15) is 4.79 Å². The second kappa shape index (κ2) is 5.47. The Kier molecular flexibility index (Phi) is 4.15. The molecule has 1 amide bonds. The van der Waals surface area contributed by atoms with Gasteiger partial charge in [0.15, 0.2) is 0 Å². The molecule has 1 aliphatic carbocycles. The fraction of sp³-hybridized carbons (Fsp3) is 0.929. The second-order valence-electron chi connectivity index (χ2n) is 6.49. The molecule has 1 atom stereocenters. The minimum absolute atomic E-state index is 0.142. The maximum atomic E-state index is 12.1. The topological polar surface area (TPSA) is 41.6 Å². The molecular formula is C14H26N2O2. The Morgan fingerprint density at radius 3 is 2.67 bits per heavy atom. The van der Waals surface area contributed by atoms with E-state index in [2.05, 4.69) is 5.32 Å². The largest absolute Gasteiger partial charge is 0.444 e. The van der Waals surface area contributed by atoms with Crippen LogP contribution in [0.2, 0.25) is 0 Å². The molecule has 1 aliphatic heterocycles.